The van der Waals surface area contributed by atoms with Gasteiger partial charge in [-0.2, -0.15) is 0 Å². The van der Waals surface area contributed by atoms with E-state index >= 15 is 0 Å². The second kappa shape index (κ2) is 5.09. The van der Waals surface area contributed by atoms with Gasteiger partial charge in [0, 0.05) is 0 Å². The summed E-state index contributed by atoms with van der Waals surface area (Å²) in [6, 6.07) is 6.39. The molecular formula is C10H12NO4S-. The van der Waals surface area contributed by atoms with Crippen molar-refractivity contribution in [1.82, 2.24) is 4.72 Å². The Hall–Kier alpha value is -1.40. The van der Waals surface area contributed by atoms with E-state index in [9.17, 15) is 18.3 Å². The van der Waals surface area contributed by atoms with Crippen molar-refractivity contribution in [2.45, 2.75) is 24.3 Å². The summed E-state index contributed by atoms with van der Waals surface area (Å²) in [5, 5.41) is 10.6. The fourth-order valence-corrected chi connectivity index (χ4v) is 2.44. The van der Waals surface area contributed by atoms with Crippen LogP contribution in [0.2, 0.25) is 0 Å². The summed E-state index contributed by atoms with van der Waals surface area (Å²) in [5.74, 6) is -1.43. The van der Waals surface area contributed by atoms with Crippen molar-refractivity contribution >= 4 is 16.0 Å². The van der Waals surface area contributed by atoms with Crippen LogP contribution in [-0.2, 0) is 14.8 Å². The maximum Gasteiger partial charge on any atom is 0.241 e. The van der Waals surface area contributed by atoms with E-state index in [0.29, 0.717) is 0 Å². The Morgan fingerprint density at radius 2 is 1.94 bits per heavy atom. The van der Waals surface area contributed by atoms with Crippen LogP contribution in [0, 0.1) is 0 Å². The number of aliphatic carboxylic acids is 1. The summed E-state index contributed by atoms with van der Waals surface area (Å²) in [6.07, 6.45) is 0.133. The molecule has 1 N–H and O–H groups in total. The first-order valence-corrected chi connectivity index (χ1v) is 6.24. The van der Waals surface area contributed by atoms with Crippen LogP contribution in [0.5, 0.6) is 0 Å². The van der Waals surface area contributed by atoms with E-state index in [1.807, 2.05) is 0 Å². The number of carboxylic acids is 1. The topological polar surface area (TPSA) is 86.3 Å². The normalized spacial score (nSPS) is 13.3. The third-order valence-corrected chi connectivity index (χ3v) is 3.53. The molecule has 0 radical (unpaired) electrons. The van der Waals surface area contributed by atoms with Gasteiger partial charge in [-0.3, -0.25) is 0 Å². The standard InChI is InChI=1S/C10H13NO4S/c1-2-9(10(12)13)11-16(14,15)8-6-4-3-5-7-8/h3-7,9,11H,2H2,1H3,(H,12,13)/p-1/t9-/m0/s1. The second-order valence-electron chi connectivity index (χ2n) is 3.21. The molecule has 0 saturated heterocycles. The Labute approximate surface area is 94.2 Å². The first-order valence-electron chi connectivity index (χ1n) is 4.75. The molecule has 0 heterocycles. The van der Waals surface area contributed by atoms with Crippen LogP contribution < -0.4 is 9.83 Å². The number of rotatable bonds is 5. The van der Waals surface area contributed by atoms with Crippen molar-refractivity contribution in [1.29, 1.82) is 0 Å². The number of hydrogen-bond acceptors (Lipinski definition) is 4. The Morgan fingerprint density at radius 1 is 1.38 bits per heavy atom. The van der Waals surface area contributed by atoms with Crippen molar-refractivity contribution < 1.29 is 18.3 Å². The summed E-state index contributed by atoms with van der Waals surface area (Å²) in [4.78, 5) is 10.6. The average Bonchev–Trinajstić information content (AvgIpc) is 2.27. The number of hydrogen-bond donors (Lipinski definition) is 1. The Balaban J connectivity index is 2.92. The third kappa shape index (κ3) is 3.04. The predicted molar refractivity (Wildman–Crippen MR) is 55.8 cm³/mol. The highest BCUT2D eigenvalue weighted by atomic mass is 32.2. The Morgan fingerprint density at radius 3 is 2.38 bits per heavy atom. The molecule has 1 atom stereocenters. The van der Waals surface area contributed by atoms with Gasteiger partial charge in [-0.25, -0.2) is 13.1 Å². The lowest BCUT2D eigenvalue weighted by molar-refractivity contribution is -0.308. The van der Waals surface area contributed by atoms with Crippen LogP contribution >= 0.6 is 0 Å². The lowest BCUT2D eigenvalue weighted by atomic mass is 10.2. The summed E-state index contributed by atoms with van der Waals surface area (Å²) in [6.45, 7) is 1.56. The molecule has 0 spiro atoms. The van der Waals surface area contributed by atoms with Gasteiger partial charge in [0.25, 0.3) is 0 Å². The molecule has 0 amide bonds. The molecule has 6 heteroatoms. The van der Waals surface area contributed by atoms with Gasteiger partial charge in [0.05, 0.1) is 16.9 Å². The first kappa shape index (κ1) is 12.7. The maximum atomic E-state index is 11.7. The zero-order valence-corrected chi connectivity index (χ0v) is 9.53. The van der Waals surface area contributed by atoms with E-state index < -0.39 is 22.0 Å². The number of nitrogens with one attached hydrogen (secondary N) is 1. The average molecular weight is 242 g/mol. The minimum Gasteiger partial charge on any atom is -0.548 e. The van der Waals surface area contributed by atoms with Crippen molar-refractivity contribution in [3.8, 4) is 0 Å². The molecule has 0 fully saturated rings. The van der Waals surface area contributed by atoms with Gasteiger partial charge in [-0.05, 0) is 18.6 Å². The van der Waals surface area contributed by atoms with Gasteiger partial charge in [0.2, 0.25) is 10.0 Å². The van der Waals surface area contributed by atoms with E-state index in [0.717, 1.165) is 0 Å². The number of benzene rings is 1. The third-order valence-electron chi connectivity index (χ3n) is 2.04. The summed E-state index contributed by atoms with van der Waals surface area (Å²) < 4.78 is 25.5. The Kier molecular flexibility index (Phi) is 4.03. The number of carboxylic acid groups (broad SMARTS) is 1. The second-order valence-corrected chi connectivity index (χ2v) is 4.93. The molecule has 0 bridgehead atoms. The van der Waals surface area contributed by atoms with E-state index in [1.54, 1.807) is 25.1 Å². The van der Waals surface area contributed by atoms with Gasteiger partial charge in [-0.1, -0.05) is 25.1 Å². The first-order chi connectivity index (χ1) is 7.47. The smallest absolute Gasteiger partial charge is 0.241 e. The molecule has 88 valence electrons. The largest absolute Gasteiger partial charge is 0.548 e. The molecule has 5 nitrogen and oxygen atoms in total. The molecule has 1 aromatic rings. The van der Waals surface area contributed by atoms with Crippen LogP contribution in [0.15, 0.2) is 35.2 Å². The van der Waals surface area contributed by atoms with Gasteiger partial charge >= 0.3 is 0 Å². The zero-order chi connectivity index (χ0) is 12.2. The molecule has 0 aliphatic heterocycles. The minimum atomic E-state index is -3.79. The van der Waals surface area contributed by atoms with Crippen LogP contribution in [0.1, 0.15) is 13.3 Å². The highest BCUT2D eigenvalue weighted by molar-refractivity contribution is 7.89. The van der Waals surface area contributed by atoms with Crippen LogP contribution in [0.3, 0.4) is 0 Å². The lowest BCUT2D eigenvalue weighted by Crippen LogP contribution is -2.47. The quantitative estimate of drug-likeness (QED) is 0.753. The van der Waals surface area contributed by atoms with E-state index in [2.05, 4.69) is 4.72 Å². The molecule has 0 unspecified atom stereocenters. The SMILES string of the molecule is CC[C@H](NS(=O)(=O)c1ccccc1)C(=O)[O-]. The van der Waals surface area contributed by atoms with Crippen LogP contribution in [0.4, 0.5) is 0 Å². The van der Waals surface area contributed by atoms with Crippen molar-refractivity contribution in [3.05, 3.63) is 30.3 Å². The Bertz CT molecular complexity index is 455. The number of carbonyl (C=O) groups is 1. The fourth-order valence-electron chi connectivity index (χ4n) is 1.15. The maximum absolute atomic E-state index is 11.7. The molecule has 0 aliphatic carbocycles. The minimum absolute atomic E-state index is 0.0368. The van der Waals surface area contributed by atoms with Crippen LogP contribution in [0.25, 0.3) is 0 Å². The number of sulfonamides is 1. The van der Waals surface area contributed by atoms with Gasteiger partial charge in [0.1, 0.15) is 0 Å². The van der Waals surface area contributed by atoms with Gasteiger partial charge < -0.3 is 9.90 Å². The highest BCUT2D eigenvalue weighted by Gasteiger charge is 2.18. The molecular weight excluding hydrogens is 230 g/mol. The molecule has 0 aliphatic rings. The van der Waals surface area contributed by atoms with Crippen molar-refractivity contribution in [2.24, 2.45) is 0 Å². The zero-order valence-electron chi connectivity index (χ0n) is 8.71. The molecule has 0 saturated carbocycles. The summed E-state index contributed by atoms with van der Waals surface area (Å²) >= 11 is 0. The lowest BCUT2D eigenvalue weighted by Gasteiger charge is -2.17. The molecule has 1 rings (SSSR count). The van der Waals surface area contributed by atoms with Gasteiger partial charge in [-0.15, -0.1) is 0 Å². The molecule has 16 heavy (non-hydrogen) atoms. The summed E-state index contributed by atoms with van der Waals surface area (Å²) in [5.41, 5.74) is 0. The predicted octanol–water partition coefficient (Wildman–Crippen LogP) is -0.507. The summed E-state index contributed by atoms with van der Waals surface area (Å²) in [7, 11) is -3.79. The molecule has 0 aromatic heterocycles. The van der Waals surface area contributed by atoms with Crippen molar-refractivity contribution in [3.63, 3.8) is 0 Å². The van der Waals surface area contributed by atoms with E-state index in [4.69, 9.17) is 0 Å². The van der Waals surface area contributed by atoms with E-state index in [-0.39, 0.29) is 11.3 Å². The van der Waals surface area contributed by atoms with Crippen LogP contribution in [-0.4, -0.2) is 20.4 Å². The highest BCUT2D eigenvalue weighted by Crippen LogP contribution is 2.08. The van der Waals surface area contributed by atoms with Crippen molar-refractivity contribution in [2.75, 3.05) is 0 Å². The monoisotopic (exact) mass is 242 g/mol. The van der Waals surface area contributed by atoms with E-state index in [1.165, 1.54) is 12.1 Å². The van der Waals surface area contributed by atoms with Gasteiger partial charge in [0.15, 0.2) is 0 Å². The molecule has 1 aromatic carbocycles. The fraction of sp³-hybridized carbons (Fsp3) is 0.300. The number of carbonyl (C=O) groups excluding carboxylic acids is 1.